The molecule has 1 aromatic rings. The Morgan fingerprint density at radius 3 is 2.42 bits per heavy atom. The lowest BCUT2D eigenvalue weighted by Crippen LogP contribution is -2.36. The maximum absolute atomic E-state index is 13.6. The van der Waals surface area contributed by atoms with E-state index in [0.29, 0.717) is 6.07 Å². The summed E-state index contributed by atoms with van der Waals surface area (Å²) in [4.78, 5) is -0.650. The molecule has 8 heteroatoms. The van der Waals surface area contributed by atoms with Gasteiger partial charge in [0.25, 0.3) is 0 Å². The van der Waals surface area contributed by atoms with E-state index in [1.54, 1.807) is 13.8 Å². The Morgan fingerprint density at radius 1 is 1.37 bits per heavy atom. The lowest BCUT2D eigenvalue weighted by atomic mass is 9.96. The molecule has 0 aliphatic rings. The molecule has 0 atom stereocenters. The zero-order valence-electron chi connectivity index (χ0n) is 10.4. The minimum atomic E-state index is -4.13. The first-order valence-electron chi connectivity index (χ1n) is 5.34. The SMILES string of the molecule is CC(C)(CO)CNS(=O)(=O)c1c(F)cc(F)cc1Br. The number of halogens is 3. The van der Waals surface area contributed by atoms with Gasteiger partial charge in [-0.2, -0.15) is 0 Å². The number of benzene rings is 1. The summed E-state index contributed by atoms with van der Waals surface area (Å²) in [5, 5.41) is 9.04. The van der Waals surface area contributed by atoms with Crippen molar-refractivity contribution in [3.8, 4) is 0 Å². The first kappa shape index (κ1) is 16.5. The summed E-state index contributed by atoms with van der Waals surface area (Å²) in [6, 6.07) is 1.37. The standard InChI is InChI=1S/C11H14BrF2NO3S/c1-11(2,6-16)5-15-19(17,18)10-8(12)3-7(13)4-9(10)14/h3-4,15-16H,5-6H2,1-2H3. The van der Waals surface area contributed by atoms with Crippen molar-refractivity contribution in [1.29, 1.82) is 0 Å². The van der Waals surface area contributed by atoms with Crippen LogP contribution in [-0.4, -0.2) is 26.7 Å². The molecule has 0 heterocycles. The van der Waals surface area contributed by atoms with Gasteiger partial charge in [-0.1, -0.05) is 13.8 Å². The van der Waals surface area contributed by atoms with Crippen molar-refractivity contribution in [3.05, 3.63) is 28.2 Å². The Kier molecular flexibility index (Phi) is 5.05. The number of aliphatic hydroxyl groups excluding tert-OH is 1. The van der Waals surface area contributed by atoms with Crippen molar-refractivity contribution in [1.82, 2.24) is 4.72 Å². The fraction of sp³-hybridized carbons (Fsp3) is 0.455. The Hall–Kier alpha value is -0.570. The van der Waals surface area contributed by atoms with Crippen LogP contribution in [0, 0.1) is 17.0 Å². The highest BCUT2D eigenvalue weighted by Crippen LogP contribution is 2.26. The van der Waals surface area contributed by atoms with E-state index < -0.39 is 32.0 Å². The maximum Gasteiger partial charge on any atom is 0.244 e. The van der Waals surface area contributed by atoms with E-state index in [2.05, 4.69) is 20.7 Å². The van der Waals surface area contributed by atoms with Gasteiger partial charge in [0.15, 0.2) is 0 Å². The summed E-state index contributed by atoms with van der Waals surface area (Å²) in [5.74, 6) is -2.06. The summed E-state index contributed by atoms with van der Waals surface area (Å²) in [7, 11) is -4.13. The van der Waals surface area contributed by atoms with E-state index in [9.17, 15) is 17.2 Å². The molecule has 0 spiro atoms. The molecule has 0 radical (unpaired) electrons. The van der Waals surface area contributed by atoms with Crippen LogP contribution in [0.4, 0.5) is 8.78 Å². The molecule has 0 amide bonds. The van der Waals surface area contributed by atoms with Crippen LogP contribution in [0.2, 0.25) is 0 Å². The molecular formula is C11H14BrF2NO3S. The van der Waals surface area contributed by atoms with Crippen LogP contribution in [-0.2, 0) is 10.0 Å². The minimum absolute atomic E-state index is 0.0743. The van der Waals surface area contributed by atoms with Gasteiger partial charge >= 0.3 is 0 Å². The van der Waals surface area contributed by atoms with Crippen LogP contribution in [0.5, 0.6) is 0 Å². The highest BCUT2D eigenvalue weighted by Gasteiger charge is 2.26. The first-order valence-corrected chi connectivity index (χ1v) is 7.62. The summed E-state index contributed by atoms with van der Waals surface area (Å²) >= 11 is 2.82. The van der Waals surface area contributed by atoms with Crippen LogP contribution in [0.3, 0.4) is 0 Å². The van der Waals surface area contributed by atoms with Gasteiger partial charge in [0, 0.05) is 29.1 Å². The van der Waals surface area contributed by atoms with Gasteiger partial charge < -0.3 is 5.11 Å². The Morgan fingerprint density at radius 2 is 1.95 bits per heavy atom. The smallest absolute Gasteiger partial charge is 0.244 e. The topological polar surface area (TPSA) is 66.4 Å². The third-order valence-corrected chi connectivity index (χ3v) is 4.77. The van der Waals surface area contributed by atoms with Crippen molar-refractivity contribution in [2.45, 2.75) is 18.7 Å². The van der Waals surface area contributed by atoms with Crippen LogP contribution in [0.1, 0.15) is 13.8 Å². The Labute approximate surface area is 119 Å². The number of aliphatic hydroxyl groups is 1. The average Bonchev–Trinajstić information content (AvgIpc) is 2.25. The van der Waals surface area contributed by atoms with Crippen molar-refractivity contribution >= 4 is 26.0 Å². The largest absolute Gasteiger partial charge is 0.396 e. The van der Waals surface area contributed by atoms with Crippen LogP contribution in [0.25, 0.3) is 0 Å². The molecule has 19 heavy (non-hydrogen) atoms. The zero-order valence-corrected chi connectivity index (χ0v) is 12.8. The molecule has 4 nitrogen and oxygen atoms in total. The molecule has 1 aromatic carbocycles. The number of hydrogen-bond donors (Lipinski definition) is 2. The maximum atomic E-state index is 13.6. The van der Waals surface area contributed by atoms with E-state index in [-0.39, 0.29) is 17.6 Å². The normalized spacial score (nSPS) is 12.7. The number of rotatable bonds is 5. The molecule has 0 saturated heterocycles. The van der Waals surface area contributed by atoms with E-state index in [1.165, 1.54) is 0 Å². The monoisotopic (exact) mass is 357 g/mol. The van der Waals surface area contributed by atoms with E-state index in [0.717, 1.165) is 6.07 Å². The number of nitrogens with one attached hydrogen (secondary N) is 1. The number of sulfonamides is 1. The molecule has 2 N–H and O–H groups in total. The van der Waals surface area contributed by atoms with Crippen molar-refractivity contribution < 1.29 is 22.3 Å². The molecule has 0 bridgehead atoms. The number of hydrogen-bond acceptors (Lipinski definition) is 3. The molecule has 1 rings (SSSR count). The molecule has 0 aliphatic heterocycles. The Balaban J connectivity index is 3.09. The van der Waals surface area contributed by atoms with Gasteiger partial charge in [0.1, 0.15) is 16.5 Å². The summed E-state index contributed by atoms with van der Waals surface area (Å²) in [6.45, 7) is 2.98. The second-order valence-corrected chi connectivity index (χ2v) is 7.40. The molecule has 108 valence electrons. The molecule has 0 aliphatic carbocycles. The second-order valence-electron chi connectivity index (χ2n) is 4.85. The van der Waals surface area contributed by atoms with Gasteiger partial charge in [0.05, 0.1) is 0 Å². The predicted molar refractivity (Wildman–Crippen MR) is 70.1 cm³/mol. The summed E-state index contributed by atoms with van der Waals surface area (Å²) < 4.78 is 52.4. The minimum Gasteiger partial charge on any atom is -0.396 e. The first-order chi connectivity index (χ1) is 8.59. The lowest BCUT2D eigenvalue weighted by Gasteiger charge is -2.22. The molecule has 0 unspecified atom stereocenters. The van der Waals surface area contributed by atoms with E-state index in [4.69, 9.17) is 5.11 Å². The highest BCUT2D eigenvalue weighted by molar-refractivity contribution is 9.10. The molecule has 0 fully saturated rings. The van der Waals surface area contributed by atoms with Crippen LogP contribution in [0.15, 0.2) is 21.5 Å². The quantitative estimate of drug-likeness (QED) is 0.847. The van der Waals surface area contributed by atoms with Crippen LogP contribution < -0.4 is 4.72 Å². The molecular weight excluding hydrogens is 344 g/mol. The summed E-state index contributed by atoms with van der Waals surface area (Å²) in [6.07, 6.45) is 0. The highest BCUT2D eigenvalue weighted by atomic mass is 79.9. The van der Waals surface area contributed by atoms with Crippen LogP contribution >= 0.6 is 15.9 Å². The van der Waals surface area contributed by atoms with E-state index in [1.807, 2.05) is 0 Å². The fourth-order valence-electron chi connectivity index (χ4n) is 1.20. The Bertz CT molecular complexity index is 552. The molecule has 0 saturated carbocycles. The van der Waals surface area contributed by atoms with Gasteiger partial charge in [-0.05, 0) is 22.0 Å². The van der Waals surface area contributed by atoms with E-state index >= 15 is 0 Å². The van der Waals surface area contributed by atoms with Crippen molar-refractivity contribution in [3.63, 3.8) is 0 Å². The predicted octanol–water partition coefficient (Wildman–Crippen LogP) is 2.02. The summed E-state index contributed by atoms with van der Waals surface area (Å²) in [5.41, 5.74) is -0.684. The third-order valence-electron chi connectivity index (χ3n) is 2.40. The van der Waals surface area contributed by atoms with Crippen molar-refractivity contribution in [2.75, 3.05) is 13.2 Å². The van der Waals surface area contributed by atoms with Gasteiger partial charge in [-0.3, -0.25) is 0 Å². The van der Waals surface area contributed by atoms with Gasteiger partial charge in [-0.25, -0.2) is 21.9 Å². The zero-order chi connectivity index (χ0) is 14.8. The van der Waals surface area contributed by atoms with Crippen molar-refractivity contribution in [2.24, 2.45) is 5.41 Å². The molecule has 0 aromatic heterocycles. The third kappa shape index (κ3) is 4.20. The lowest BCUT2D eigenvalue weighted by molar-refractivity contribution is 0.163. The van der Waals surface area contributed by atoms with Gasteiger partial charge in [0.2, 0.25) is 10.0 Å². The fourth-order valence-corrected chi connectivity index (χ4v) is 3.61. The average molecular weight is 358 g/mol. The second kappa shape index (κ2) is 5.82. The van der Waals surface area contributed by atoms with Gasteiger partial charge in [-0.15, -0.1) is 0 Å².